The van der Waals surface area contributed by atoms with Gasteiger partial charge in [-0.25, -0.2) is 4.39 Å². The van der Waals surface area contributed by atoms with Crippen LogP contribution in [-0.4, -0.2) is 30.8 Å². The van der Waals surface area contributed by atoms with Gasteiger partial charge in [0.15, 0.2) is 5.84 Å². The van der Waals surface area contributed by atoms with Gasteiger partial charge >= 0.3 is 0 Å². The van der Waals surface area contributed by atoms with Crippen molar-refractivity contribution in [3.05, 3.63) is 35.1 Å². The lowest BCUT2D eigenvalue weighted by Gasteiger charge is -2.16. The van der Waals surface area contributed by atoms with Crippen molar-refractivity contribution in [3.8, 4) is 0 Å². The number of amidine groups is 1. The molecule has 106 valence electrons. The molecule has 0 saturated heterocycles. The molecule has 1 aromatic carbocycles. The number of hydrogen-bond donors (Lipinski definition) is 3. The van der Waals surface area contributed by atoms with E-state index in [1.807, 2.05) is 6.92 Å². The lowest BCUT2D eigenvalue weighted by Crippen LogP contribution is -2.32. The van der Waals surface area contributed by atoms with Crippen molar-refractivity contribution in [1.82, 2.24) is 5.32 Å². The van der Waals surface area contributed by atoms with Gasteiger partial charge in [-0.1, -0.05) is 24.2 Å². The summed E-state index contributed by atoms with van der Waals surface area (Å²) < 4.78 is 19.2. The van der Waals surface area contributed by atoms with Gasteiger partial charge in [0.25, 0.3) is 0 Å². The highest BCUT2D eigenvalue weighted by Gasteiger charge is 2.12. The Morgan fingerprint density at radius 3 is 2.89 bits per heavy atom. The minimum Gasteiger partial charge on any atom is -0.409 e. The monoisotopic (exact) mass is 269 g/mol. The molecule has 1 unspecified atom stereocenters. The lowest BCUT2D eigenvalue weighted by molar-refractivity contribution is 0.163. The number of hydrogen-bond acceptors (Lipinski definition) is 4. The van der Waals surface area contributed by atoms with Crippen LogP contribution >= 0.6 is 0 Å². The summed E-state index contributed by atoms with van der Waals surface area (Å²) in [4.78, 5) is 0. The summed E-state index contributed by atoms with van der Waals surface area (Å²) in [5.41, 5.74) is 5.98. The van der Waals surface area contributed by atoms with Crippen LogP contribution in [0.25, 0.3) is 0 Å². The molecule has 1 atom stereocenters. The molecular formula is C13H20FN3O2. The number of methoxy groups -OCH3 is 1. The van der Waals surface area contributed by atoms with Crippen molar-refractivity contribution in [2.24, 2.45) is 10.9 Å². The molecule has 0 bridgehead atoms. The first kappa shape index (κ1) is 15.4. The quantitative estimate of drug-likeness (QED) is 0.303. The van der Waals surface area contributed by atoms with E-state index in [4.69, 9.17) is 15.7 Å². The van der Waals surface area contributed by atoms with Gasteiger partial charge in [-0.05, 0) is 12.5 Å². The molecule has 5 nitrogen and oxygen atoms in total. The fourth-order valence-electron chi connectivity index (χ4n) is 1.74. The van der Waals surface area contributed by atoms with Crippen LogP contribution in [0.2, 0.25) is 0 Å². The van der Waals surface area contributed by atoms with Crippen LogP contribution in [0.15, 0.2) is 23.4 Å². The van der Waals surface area contributed by atoms with Gasteiger partial charge in [0.1, 0.15) is 5.82 Å². The van der Waals surface area contributed by atoms with E-state index in [2.05, 4.69) is 10.5 Å². The number of nitrogens with zero attached hydrogens (tertiary/aromatic N) is 1. The first-order valence-corrected chi connectivity index (χ1v) is 6.11. The Hall–Kier alpha value is -1.66. The third-order valence-corrected chi connectivity index (χ3v) is 2.90. The zero-order valence-electron chi connectivity index (χ0n) is 11.2. The van der Waals surface area contributed by atoms with E-state index < -0.39 is 5.82 Å². The van der Waals surface area contributed by atoms with Crippen molar-refractivity contribution < 1.29 is 14.3 Å². The summed E-state index contributed by atoms with van der Waals surface area (Å²) in [6, 6.07) is 4.97. The molecule has 0 aliphatic heterocycles. The van der Waals surface area contributed by atoms with Gasteiger partial charge in [-0.15, -0.1) is 0 Å². The van der Waals surface area contributed by atoms with E-state index in [-0.39, 0.29) is 17.4 Å². The topological polar surface area (TPSA) is 79.9 Å². The maximum atomic E-state index is 14.1. The number of nitrogens with two attached hydrogens (primary N) is 1. The molecule has 0 aliphatic carbocycles. The van der Waals surface area contributed by atoms with Gasteiger partial charge in [-0.2, -0.15) is 0 Å². The summed E-state index contributed by atoms with van der Waals surface area (Å²) in [5.74, 6) is -0.708. The van der Waals surface area contributed by atoms with Crippen LogP contribution in [0.5, 0.6) is 0 Å². The van der Waals surface area contributed by atoms with Gasteiger partial charge in [-0.3, -0.25) is 0 Å². The Morgan fingerprint density at radius 2 is 2.32 bits per heavy atom. The van der Waals surface area contributed by atoms with Crippen LogP contribution in [0.3, 0.4) is 0 Å². The lowest BCUT2D eigenvalue weighted by atomic mass is 10.1. The zero-order chi connectivity index (χ0) is 14.3. The Balaban J connectivity index is 2.79. The maximum Gasteiger partial charge on any atom is 0.173 e. The third kappa shape index (κ3) is 4.18. The molecule has 0 radical (unpaired) electrons. The second-order valence-corrected chi connectivity index (χ2v) is 4.21. The average Bonchev–Trinajstić information content (AvgIpc) is 2.43. The largest absolute Gasteiger partial charge is 0.409 e. The first-order valence-electron chi connectivity index (χ1n) is 6.11. The Kier molecular flexibility index (Phi) is 6.24. The fourth-order valence-corrected chi connectivity index (χ4v) is 1.74. The molecule has 0 amide bonds. The maximum absolute atomic E-state index is 14.1. The van der Waals surface area contributed by atoms with E-state index in [1.54, 1.807) is 19.2 Å². The van der Waals surface area contributed by atoms with Crippen molar-refractivity contribution >= 4 is 5.84 Å². The van der Waals surface area contributed by atoms with Crippen molar-refractivity contribution in [1.29, 1.82) is 0 Å². The minimum atomic E-state index is -0.474. The summed E-state index contributed by atoms with van der Waals surface area (Å²) in [7, 11) is 1.63. The van der Waals surface area contributed by atoms with Crippen molar-refractivity contribution in [2.45, 2.75) is 25.9 Å². The molecule has 6 heteroatoms. The molecule has 4 N–H and O–H groups in total. The molecule has 0 fully saturated rings. The van der Waals surface area contributed by atoms with Crippen LogP contribution in [-0.2, 0) is 11.3 Å². The number of nitrogens with one attached hydrogen (secondary N) is 1. The molecule has 0 heterocycles. The molecule has 1 rings (SSSR count). The van der Waals surface area contributed by atoms with Gasteiger partial charge in [0, 0.05) is 25.3 Å². The van der Waals surface area contributed by atoms with Crippen molar-refractivity contribution in [2.75, 3.05) is 13.7 Å². The Morgan fingerprint density at radius 1 is 1.58 bits per heavy atom. The SMILES string of the molecule is CCC(COC)NCc1cccc(/C(N)=N/O)c1F. The molecule has 0 aromatic heterocycles. The van der Waals surface area contributed by atoms with Crippen LogP contribution in [0.1, 0.15) is 24.5 Å². The summed E-state index contributed by atoms with van der Waals surface area (Å²) >= 11 is 0. The van der Waals surface area contributed by atoms with E-state index in [0.717, 1.165) is 6.42 Å². The zero-order valence-corrected chi connectivity index (χ0v) is 11.2. The number of rotatable bonds is 7. The second kappa shape index (κ2) is 7.70. The second-order valence-electron chi connectivity index (χ2n) is 4.21. The summed E-state index contributed by atoms with van der Waals surface area (Å²) in [5, 5.41) is 14.6. The number of oxime groups is 1. The van der Waals surface area contributed by atoms with E-state index in [9.17, 15) is 4.39 Å². The highest BCUT2D eigenvalue weighted by molar-refractivity contribution is 5.97. The molecule has 0 spiro atoms. The Labute approximate surface area is 112 Å². The number of benzene rings is 1. The van der Waals surface area contributed by atoms with Crippen molar-refractivity contribution in [3.63, 3.8) is 0 Å². The smallest absolute Gasteiger partial charge is 0.173 e. The minimum absolute atomic E-state index is 0.0987. The molecule has 1 aromatic rings. The number of ether oxygens (including phenoxy) is 1. The molecule has 0 saturated carbocycles. The predicted molar refractivity (Wildman–Crippen MR) is 71.7 cm³/mol. The first-order chi connectivity index (χ1) is 9.13. The molecule has 19 heavy (non-hydrogen) atoms. The van der Waals surface area contributed by atoms with Gasteiger partial charge < -0.3 is 21.0 Å². The predicted octanol–water partition coefficient (Wildman–Crippen LogP) is 1.43. The highest BCUT2D eigenvalue weighted by Crippen LogP contribution is 2.13. The van der Waals surface area contributed by atoms with Crippen LogP contribution in [0, 0.1) is 5.82 Å². The van der Waals surface area contributed by atoms with Gasteiger partial charge in [0.2, 0.25) is 0 Å². The summed E-state index contributed by atoms with van der Waals surface area (Å²) in [6.45, 7) is 2.96. The molecular weight excluding hydrogens is 249 g/mol. The van der Waals surface area contributed by atoms with Crippen LogP contribution < -0.4 is 11.1 Å². The van der Waals surface area contributed by atoms with E-state index >= 15 is 0 Å². The molecule has 0 aliphatic rings. The number of halogens is 1. The third-order valence-electron chi connectivity index (χ3n) is 2.90. The van der Waals surface area contributed by atoms with Crippen LogP contribution in [0.4, 0.5) is 4.39 Å². The fraction of sp³-hybridized carbons (Fsp3) is 0.462. The Bertz CT molecular complexity index is 438. The van der Waals surface area contributed by atoms with E-state index in [0.29, 0.717) is 18.7 Å². The van der Waals surface area contributed by atoms with Gasteiger partial charge in [0.05, 0.1) is 12.2 Å². The average molecular weight is 269 g/mol. The summed E-state index contributed by atoms with van der Waals surface area (Å²) in [6.07, 6.45) is 0.884. The highest BCUT2D eigenvalue weighted by atomic mass is 19.1. The normalized spacial score (nSPS) is 13.5. The standard InChI is InChI=1S/C13H20FN3O2/c1-3-10(8-19-2)16-7-9-5-4-6-11(12(9)14)13(15)17-18/h4-6,10,16,18H,3,7-8H2,1-2H3,(H2,15,17). The van der Waals surface area contributed by atoms with E-state index in [1.165, 1.54) is 6.07 Å².